The monoisotopic (exact) mass is 174 g/mol. The summed E-state index contributed by atoms with van der Waals surface area (Å²) in [5.41, 5.74) is 1.78. The van der Waals surface area contributed by atoms with E-state index in [0.29, 0.717) is 11.3 Å². The van der Waals surface area contributed by atoms with E-state index >= 15 is 0 Å². The number of benzene rings is 1. The van der Waals surface area contributed by atoms with Crippen LogP contribution >= 0.6 is 0 Å². The third kappa shape index (κ3) is 2.31. The van der Waals surface area contributed by atoms with Crippen molar-refractivity contribution in [3.05, 3.63) is 23.8 Å². The van der Waals surface area contributed by atoms with Crippen LogP contribution in [0.2, 0.25) is 0 Å². The van der Waals surface area contributed by atoms with E-state index in [1.807, 2.05) is 19.9 Å². The van der Waals surface area contributed by atoms with Crippen LogP contribution < -0.4 is 0 Å². The minimum atomic E-state index is 0.0974. The van der Waals surface area contributed by atoms with Crippen molar-refractivity contribution in [2.24, 2.45) is 4.99 Å². The van der Waals surface area contributed by atoms with Crippen molar-refractivity contribution in [1.82, 2.24) is 0 Å². The summed E-state index contributed by atoms with van der Waals surface area (Å²) >= 11 is 0. The highest BCUT2D eigenvalue weighted by Gasteiger charge is 2.00. The first-order valence-corrected chi connectivity index (χ1v) is 3.88. The fourth-order valence-electron chi connectivity index (χ4n) is 0.923. The second-order valence-corrected chi connectivity index (χ2v) is 2.87. The number of aliphatic imine (C=N–C) groups is 1. The lowest BCUT2D eigenvalue weighted by molar-refractivity contribution is 0.477. The van der Waals surface area contributed by atoms with Crippen LogP contribution in [-0.2, 0) is 0 Å². The molecule has 1 N–H and O–H groups in total. The van der Waals surface area contributed by atoms with Gasteiger partial charge < -0.3 is 5.11 Å². The summed E-state index contributed by atoms with van der Waals surface area (Å²) in [6.07, 6.45) is 0. The maximum Gasteiger partial charge on any atom is 0.141 e. The molecular formula is C10H10N2O. The van der Waals surface area contributed by atoms with Gasteiger partial charge in [0.25, 0.3) is 0 Å². The Morgan fingerprint density at radius 2 is 2.15 bits per heavy atom. The van der Waals surface area contributed by atoms with E-state index in [9.17, 15) is 5.11 Å². The third-order valence-corrected chi connectivity index (χ3v) is 1.45. The van der Waals surface area contributed by atoms with Crippen molar-refractivity contribution >= 4 is 11.4 Å². The van der Waals surface area contributed by atoms with Crippen LogP contribution in [0.4, 0.5) is 5.69 Å². The van der Waals surface area contributed by atoms with Gasteiger partial charge in [-0.15, -0.1) is 0 Å². The van der Waals surface area contributed by atoms with E-state index in [4.69, 9.17) is 5.26 Å². The molecule has 3 nitrogen and oxygen atoms in total. The van der Waals surface area contributed by atoms with Crippen molar-refractivity contribution in [3.8, 4) is 11.8 Å². The topological polar surface area (TPSA) is 56.4 Å². The Balaban J connectivity index is 3.21. The fourth-order valence-corrected chi connectivity index (χ4v) is 0.923. The molecule has 0 spiro atoms. The third-order valence-electron chi connectivity index (χ3n) is 1.45. The molecule has 0 unspecified atom stereocenters. The van der Waals surface area contributed by atoms with Gasteiger partial charge in [0.15, 0.2) is 0 Å². The van der Waals surface area contributed by atoms with Crippen LogP contribution in [0.15, 0.2) is 23.2 Å². The van der Waals surface area contributed by atoms with E-state index in [0.717, 1.165) is 5.71 Å². The first-order valence-electron chi connectivity index (χ1n) is 3.88. The van der Waals surface area contributed by atoms with Crippen molar-refractivity contribution in [3.63, 3.8) is 0 Å². The van der Waals surface area contributed by atoms with Crippen LogP contribution in [0, 0.1) is 11.3 Å². The molecule has 0 radical (unpaired) electrons. The summed E-state index contributed by atoms with van der Waals surface area (Å²) in [4.78, 5) is 4.08. The minimum Gasteiger partial charge on any atom is -0.506 e. The fraction of sp³-hybridized carbons (Fsp3) is 0.200. The van der Waals surface area contributed by atoms with Gasteiger partial charge in [0, 0.05) is 5.71 Å². The van der Waals surface area contributed by atoms with E-state index in [2.05, 4.69) is 4.99 Å². The van der Waals surface area contributed by atoms with Gasteiger partial charge in [-0.3, -0.25) is 4.99 Å². The molecule has 0 saturated carbocycles. The first-order chi connectivity index (χ1) is 6.13. The van der Waals surface area contributed by atoms with Gasteiger partial charge in [0.1, 0.15) is 11.4 Å². The molecular weight excluding hydrogens is 164 g/mol. The minimum absolute atomic E-state index is 0.0974. The molecule has 0 aromatic heterocycles. The number of phenols is 1. The molecule has 1 aromatic rings. The molecule has 0 bridgehead atoms. The standard InChI is InChI=1S/C10H10N2O/c1-7(2)12-9-5-8(6-11)3-4-10(9)13/h3-5,13H,1-2H3. The average Bonchev–Trinajstić information content (AvgIpc) is 2.08. The lowest BCUT2D eigenvalue weighted by atomic mass is 10.2. The Labute approximate surface area is 77.0 Å². The first kappa shape index (κ1) is 9.27. The van der Waals surface area contributed by atoms with Crippen LogP contribution in [0.5, 0.6) is 5.75 Å². The quantitative estimate of drug-likeness (QED) is 0.664. The molecule has 0 aliphatic carbocycles. The molecule has 0 heterocycles. The Morgan fingerprint density at radius 3 is 2.69 bits per heavy atom. The number of phenolic OH excluding ortho intramolecular Hbond substituents is 1. The Hall–Kier alpha value is -1.82. The molecule has 0 amide bonds. The Morgan fingerprint density at radius 1 is 1.46 bits per heavy atom. The van der Waals surface area contributed by atoms with Crippen LogP contribution in [0.3, 0.4) is 0 Å². The number of hydrogen-bond donors (Lipinski definition) is 1. The molecule has 1 aromatic carbocycles. The molecule has 0 atom stereocenters. The number of hydrogen-bond acceptors (Lipinski definition) is 3. The van der Waals surface area contributed by atoms with Gasteiger partial charge in [-0.25, -0.2) is 0 Å². The normalized spacial score (nSPS) is 9.00. The zero-order valence-electron chi connectivity index (χ0n) is 7.57. The summed E-state index contributed by atoms with van der Waals surface area (Å²) in [6, 6.07) is 6.57. The Kier molecular flexibility index (Phi) is 2.65. The molecule has 0 aliphatic rings. The van der Waals surface area contributed by atoms with Gasteiger partial charge in [-0.2, -0.15) is 5.26 Å². The van der Waals surface area contributed by atoms with E-state index in [1.165, 1.54) is 6.07 Å². The van der Waals surface area contributed by atoms with Crippen LogP contribution in [0.25, 0.3) is 0 Å². The van der Waals surface area contributed by atoms with Crippen molar-refractivity contribution in [2.45, 2.75) is 13.8 Å². The Bertz CT molecular complexity index is 384. The predicted molar refractivity (Wildman–Crippen MR) is 51.3 cm³/mol. The maximum absolute atomic E-state index is 9.36. The number of rotatable bonds is 1. The molecule has 66 valence electrons. The number of nitriles is 1. The second-order valence-electron chi connectivity index (χ2n) is 2.87. The lowest BCUT2D eigenvalue weighted by Gasteiger charge is -1.99. The molecule has 0 aliphatic heterocycles. The zero-order valence-corrected chi connectivity index (χ0v) is 7.57. The van der Waals surface area contributed by atoms with Crippen LogP contribution in [-0.4, -0.2) is 10.8 Å². The van der Waals surface area contributed by atoms with Gasteiger partial charge in [0.05, 0.1) is 11.6 Å². The van der Waals surface area contributed by atoms with Crippen LogP contribution in [0.1, 0.15) is 19.4 Å². The summed E-state index contributed by atoms with van der Waals surface area (Å²) in [6.45, 7) is 3.66. The highest BCUT2D eigenvalue weighted by Crippen LogP contribution is 2.26. The van der Waals surface area contributed by atoms with Crippen molar-refractivity contribution in [1.29, 1.82) is 5.26 Å². The van der Waals surface area contributed by atoms with E-state index < -0.39 is 0 Å². The SMILES string of the molecule is CC(C)=Nc1cc(C#N)ccc1O. The molecule has 0 saturated heterocycles. The second kappa shape index (κ2) is 3.72. The predicted octanol–water partition coefficient (Wildman–Crippen LogP) is 2.38. The maximum atomic E-state index is 9.36. The van der Waals surface area contributed by atoms with Gasteiger partial charge in [-0.05, 0) is 32.0 Å². The molecule has 0 fully saturated rings. The van der Waals surface area contributed by atoms with Crippen molar-refractivity contribution < 1.29 is 5.11 Å². The number of nitrogens with zero attached hydrogens (tertiary/aromatic N) is 2. The summed E-state index contributed by atoms with van der Waals surface area (Å²) in [7, 11) is 0. The summed E-state index contributed by atoms with van der Waals surface area (Å²) in [5.74, 6) is 0.0974. The highest BCUT2D eigenvalue weighted by atomic mass is 16.3. The lowest BCUT2D eigenvalue weighted by Crippen LogP contribution is -1.80. The highest BCUT2D eigenvalue weighted by molar-refractivity contribution is 5.83. The number of aromatic hydroxyl groups is 1. The van der Waals surface area contributed by atoms with E-state index in [1.54, 1.807) is 12.1 Å². The average molecular weight is 174 g/mol. The zero-order chi connectivity index (χ0) is 9.84. The molecule has 13 heavy (non-hydrogen) atoms. The summed E-state index contributed by atoms with van der Waals surface area (Å²) < 4.78 is 0. The van der Waals surface area contributed by atoms with Gasteiger partial charge >= 0.3 is 0 Å². The smallest absolute Gasteiger partial charge is 0.141 e. The largest absolute Gasteiger partial charge is 0.506 e. The molecule has 1 rings (SSSR count). The molecule has 3 heteroatoms. The summed E-state index contributed by atoms with van der Waals surface area (Å²) in [5, 5.41) is 18.0. The van der Waals surface area contributed by atoms with Gasteiger partial charge in [0.2, 0.25) is 0 Å². The van der Waals surface area contributed by atoms with E-state index in [-0.39, 0.29) is 5.75 Å². The van der Waals surface area contributed by atoms with Gasteiger partial charge in [-0.1, -0.05) is 0 Å². The van der Waals surface area contributed by atoms with Crippen molar-refractivity contribution in [2.75, 3.05) is 0 Å².